The molecule has 0 unspecified atom stereocenters. The monoisotopic (exact) mass is 376 g/mol. The van der Waals surface area contributed by atoms with Crippen LogP contribution in [0.2, 0.25) is 0 Å². The van der Waals surface area contributed by atoms with Crippen molar-refractivity contribution >= 4 is 11.3 Å². The van der Waals surface area contributed by atoms with Crippen molar-refractivity contribution in [1.29, 1.82) is 0 Å². The lowest BCUT2D eigenvalue weighted by Crippen LogP contribution is -2.28. The van der Waals surface area contributed by atoms with E-state index in [0.717, 1.165) is 49.0 Å². The molecule has 0 bridgehead atoms. The summed E-state index contributed by atoms with van der Waals surface area (Å²) in [6.45, 7) is 1.79. The molecule has 1 aliphatic heterocycles. The Bertz CT molecular complexity index is 515. The first-order valence-corrected chi connectivity index (χ1v) is 10.2. The molecule has 0 N–H and O–H groups in total. The fraction of sp³-hybridized carbons (Fsp3) is 0.833. The van der Waals surface area contributed by atoms with Crippen LogP contribution in [0.5, 0.6) is 5.19 Å². The Morgan fingerprint density at radius 2 is 1.88 bits per heavy atom. The molecule has 0 aromatic carbocycles. The molecule has 142 valence electrons. The Morgan fingerprint density at radius 1 is 1.12 bits per heavy atom. The second-order valence-electron chi connectivity index (χ2n) is 7.24. The molecule has 1 saturated carbocycles. The van der Waals surface area contributed by atoms with E-state index in [1.54, 1.807) is 0 Å². The summed E-state index contributed by atoms with van der Waals surface area (Å²) < 4.78 is 41.5. The standard InChI is InChI=1S/C18H27F3N2OS/c19-18(20,21)13-24-17-22-15-8-11-23(12-9-16(15)25-17)10-4-7-14-5-2-1-3-6-14/h14H,1-13H2. The molecule has 0 atom stereocenters. The maximum atomic E-state index is 12.2. The van der Waals surface area contributed by atoms with E-state index in [2.05, 4.69) is 9.88 Å². The molecular weight excluding hydrogens is 349 g/mol. The van der Waals surface area contributed by atoms with E-state index in [0.29, 0.717) is 0 Å². The van der Waals surface area contributed by atoms with Crippen molar-refractivity contribution in [3.8, 4) is 5.19 Å². The van der Waals surface area contributed by atoms with Gasteiger partial charge in [-0.2, -0.15) is 13.2 Å². The van der Waals surface area contributed by atoms with Gasteiger partial charge in [0, 0.05) is 24.4 Å². The molecule has 3 nitrogen and oxygen atoms in total. The molecule has 1 aromatic heterocycles. The van der Waals surface area contributed by atoms with Gasteiger partial charge < -0.3 is 9.64 Å². The summed E-state index contributed by atoms with van der Waals surface area (Å²) in [5, 5.41) is 0.160. The Balaban J connectivity index is 1.41. The maximum absolute atomic E-state index is 12.2. The van der Waals surface area contributed by atoms with Crippen molar-refractivity contribution in [2.24, 2.45) is 5.92 Å². The van der Waals surface area contributed by atoms with E-state index in [9.17, 15) is 13.2 Å². The van der Waals surface area contributed by atoms with Gasteiger partial charge >= 0.3 is 6.18 Å². The largest absolute Gasteiger partial charge is 0.460 e. The number of nitrogens with zero attached hydrogens (tertiary/aromatic N) is 2. The number of hydrogen-bond acceptors (Lipinski definition) is 4. The molecule has 2 aliphatic rings. The molecule has 7 heteroatoms. The molecule has 1 aromatic rings. The van der Waals surface area contributed by atoms with Gasteiger partial charge in [0.1, 0.15) is 0 Å². The quantitative estimate of drug-likeness (QED) is 0.710. The van der Waals surface area contributed by atoms with Crippen LogP contribution in [0.1, 0.15) is 55.5 Å². The average molecular weight is 376 g/mol. The molecular formula is C18H27F3N2OS. The molecule has 0 spiro atoms. The van der Waals surface area contributed by atoms with E-state index in [4.69, 9.17) is 4.74 Å². The Hall–Kier alpha value is -0.820. The third kappa shape index (κ3) is 6.13. The number of alkyl halides is 3. The summed E-state index contributed by atoms with van der Waals surface area (Å²) in [6, 6.07) is 0. The first kappa shape index (κ1) is 19.0. The lowest BCUT2D eigenvalue weighted by atomic mass is 9.86. The number of rotatable bonds is 6. The Kier molecular flexibility index (Phi) is 6.61. The zero-order valence-corrected chi connectivity index (χ0v) is 15.4. The lowest BCUT2D eigenvalue weighted by molar-refractivity contribution is -0.153. The first-order chi connectivity index (χ1) is 12.0. The third-order valence-corrected chi connectivity index (χ3v) is 6.32. The molecule has 2 heterocycles. The number of aromatic nitrogens is 1. The predicted octanol–water partition coefficient (Wildman–Crippen LogP) is 4.85. The fourth-order valence-corrected chi connectivity index (χ4v) is 4.84. The summed E-state index contributed by atoms with van der Waals surface area (Å²) in [7, 11) is 0. The minimum atomic E-state index is -4.31. The average Bonchev–Trinajstić information content (AvgIpc) is 2.88. The highest BCUT2D eigenvalue weighted by atomic mass is 32.1. The van der Waals surface area contributed by atoms with Crippen LogP contribution in [0, 0.1) is 5.92 Å². The van der Waals surface area contributed by atoms with Crippen LogP contribution in [0.25, 0.3) is 0 Å². The van der Waals surface area contributed by atoms with Crippen molar-refractivity contribution in [1.82, 2.24) is 9.88 Å². The summed E-state index contributed by atoms with van der Waals surface area (Å²) in [4.78, 5) is 7.84. The van der Waals surface area contributed by atoms with Crippen LogP contribution in [-0.4, -0.2) is 42.3 Å². The molecule has 0 saturated heterocycles. The van der Waals surface area contributed by atoms with Crippen molar-refractivity contribution in [2.45, 2.75) is 64.0 Å². The molecule has 3 rings (SSSR count). The molecule has 0 radical (unpaired) electrons. The van der Waals surface area contributed by atoms with E-state index >= 15 is 0 Å². The topological polar surface area (TPSA) is 25.4 Å². The number of ether oxygens (including phenoxy) is 1. The molecule has 25 heavy (non-hydrogen) atoms. The summed E-state index contributed by atoms with van der Waals surface area (Å²) in [5.74, 6) is 0.928. The van der Waals surface area contributed by atoms with Crippen LogP contribution in [0.15, 0.2) is 0 Å². The fourth-order valence-electron chi connectivity index (χ4n) is 3.89. The molecule has 1 fully saturated rings. The van der Waals surface area contributed by atoms with E-state index in [-0.39, 0.29) is 5.19 Å². The van der Waals surface area contributed by atoms with Crippen LogP contribution >= 0.6 is 11.3 Å². The molecule has 0 amide bonds. The third-order valence-electron chi connectivity index (χ3n) is 5.25. The Morgan fingerprint density at radius 3 is 2.64 bits per heavy atom. The van der Waals surface area contributed by atoms with Crippen molar-refractivity contribution in [3.05, 3.63) is 10.6 Å². The zero-order chi connectivity index (χ0) is 17.7. The van der Waals surface area contributed by atoms with E-state index in [1.165, 1.54) is 56.3 Å². The molecule has 1 aliphatic carbocycles. The summed E-state index contributed by atoms with van der Waals surface area (Å²) >= 11 is 1.28. The SMILES string of the molecule is FC(F)(F)COc1nc2c(s1)CCN(CCCC1CCCCC1)CC2. The lowest BCUT2D eigenvalue weighted by Gasteiger charge is -2.24. The summed E-state index contributed by atoms with van der Waals surface area (Å²) in [5.41, 5.74) is 0.928. The number of hydrogen-bond donors (Lipinski definition) is 0. The highest BCUT2D eigenvalue weighted by molar-refractivity contribution is 7.13. The van der Waals surface area contributed by atoms with Crippen molar-refractivity contribution in [2.75, 3.05) is 26.2 Å². The van der Waals surface area contributed by atoms with Gasteiger partial charge in [-0.3, -0.25) is 0 Å². The zero-order valence-electron chi connectivity index (χ0n) is 14.6. The van der Waals surface area contributed by atoms with Crippen LogP contribution in [-0.2, 0) is 12.8 Å². The van der Waals surface area contributed by atoms with Gasteiger partial charge in [-0.15, -0.1) is 0 Å². The normalized spacial score (nSPS) is 20.3. The van der Waals surface area contributed by atoms with Crippen LogP contribution in [0.3, 0.4) is 0 Å². The van der Waals surface area contributed by atoms with E-state index in [1.807, 2.05) is 0 Å². The highest BCUT2D eigenvalue weighted by Crippen LogP contribution is 2.30. The second kappa shape index (κ2) is 8.71. The minimum Gasteiger partial charge on any atom is -0.460 e. The number of fused-ring (bicyclic) bond motifs is 1. The Labute approximate surface area is 151 Å². The van der Waals surface area contributed by atoms with Gasteiger partial charge in [-0.05, 0) is 31.7 Å². The number of halogens is 3. The predicted molar refractivity (Wildman–Crippen MR) is 93.3 cm³/mol. The first-order valence-electron chi connectivity index (χ1n) is 9.40. The van der Waals surface area contributed by atoms with Gasteiger partial charge in [0.2, 0.25) is 0 Å². The van der Waals surface area contributed by atoms with Gasteiger partial charge in [0.15, 0.2) is 6.61 Å². The number of thiazole rings is 1. The van der Waals surface area contributed by atoms with Crippen LogP contribution < -0.4 is 4.74 Å². The van der Waals surface area contributed by atoms with Gasteiger partial charge in [0.25, 0.3) is 5.19 Å². The smallest absolute Gasteiger partial charge is 0.422 e. The van der Waals surface area contributed by atoms with Gasteiger partial charge in [-0.1, -0.05) is 43.4 Å². The minimum absolute atomic E-state index is 0.160. The highest BCUT2D eigenvalue weighted by Gasteiger charge is 2.29. The maximum Gasteiger partial charge on any atom is 0.422 e. The van der Waals surface area contributed by atoms with Crippen LogP contribution in [0.4, 0.5) is 13.2 Å². The van der Waals surface area contributed by atoms with Crippen molar-refractivity contribution in [3.63, 3.8) is 0 Å². The van der Waals surface area contributed by atoms with Gasteiger partial charge in [-0.25, -0.2) is 4.98 Å². The second-order valence-corrected chi connectivity index (χ2v) is 8.29. The van der Waals surface area contributed by atoms with E-state index < -0.39 is 12.8 Å². The summed E-state index contributed by atoms with van der Waals surface area (Å²) in [6.07, 6.45) is 6.99. The van der Waals surface area contributed by atoms with Crippen molar-refractivity contribution < 1.29 is 17.9 Å². The van der Waals surface area contributed by atoms with Gasteiger partial charge in [0.05, 0.1) is 5.69 Å².